The van der Waals surface area contributed by atoms with Gasteiger partial charge in [0.05, 0.1) is 0 Å². The number of hydrogen-bond acceptors (Lipinski definition) is 1. The van der Waals surface area contributed by atoms with Crippen LogP contribution in [0.25, 0.3) is 0 Å². The third kappa shape index (κ3) is 2.26. The Hall–Kier alpha value is -0.740. The zero-order chi connectivity index (χ0) is 10.7. The predicted molar refractivity (Wildman–Crippen MR) is 64.5 cm³/mol. The smallest absolute Gasteiger partial charge is 0.0133 e. The molecule has 0 bridgehead atoms. The Morgan fingerprint density at radius 3 is 3.07 bits per heavy atom. The molecule has 1 heteroatoms. The first-order valence-corrected chi connectivity index (χ1v) is 6.20. The number of piperidine rings is 1. The van der Waals surface area contributed by atoms with E-state index in [1.807, 2.05) is 6.08 Å². The van der Waals surface area contributed by atoms with Gasteiger partial charge in [-0.3, -0.25) is 4.90 Å². The molecule has 2 aliphatic rings. The van der Waals surface area contributed by atoms with Gasteiger partial charge in [0.15, 0.2) is 0 Å². The molecule has 15 heavy (non-hydrogen) atoms. The first-order chi connectivity index (χ1) is 7.33. The maximum atomic E-state index is 5.22. The van der Waals surface area contributed by atoms with Gasteiger partial charge in [0, 0.05) is 12.1 Å². The van der Waals surface area contributed by atoms with E-state index in [1.165, 1.54) is 32.2 Å². The van der Waals surface area contributed by atoms with Crippen molar-refractivity contribution in [1.29, 1.82) is 0 Å². The Bertz CT molecular complexity index is 274. The van der Waals surface area contributed by atoms with Crippen molar-refractivity contribution >= 4 is 0 Å². The molecule has 0 radical (unpaired) electrons. The maximum absolute atomic E-state index is 5.22. The second-order valence-electron chi connectivity index (χ2n) is 4.96. The van der Waals surface area contributed by atoms with E-state index in [1.54, 1.807) is 0 Å². The molecule has 1 nitrogen and oxygen atoms in total. The summed E-state index contributed by atoms with van der Waals surface area (Å²) >= 11 is 0. The topological polar surface area (TPSA) is 3.24 Å². The van der Waals surface area contributed by atoms with Crippen LogP contribution < -0.4 is 0 Å². The highest BCUT2D eigenvalue weighted by molar-refractivity contribution is 5.09. The van der Waals surface area contributed by atoms with Crippen molar-refractivity contribution < 1.29 is 0 Å². The summed E-state index contributed by atoms with van der Waals surface area (Å²) in [4.78, 5) is 2.73. The molecular weight excluding hydrogens is 182 g/mol. The zero-order valence-electron chi connectivity index (χ0n) is 9.65. The van der Waals surface area contributed by atoms with Crippen LogP contribution in [0.2, 0.25) is 0 Å². The number of allylic oxidation sites excluding steroid dienone is 1. The second kappa shape index (κ2) is 4.86. The van der Waals surface area contributed by atoms with E-state index in [2.05, 4.69) is 23.8 Å². The molecule has 0 amide bonds. The number of nitrogens with zero attached hydrogens (tertiary/aromatic N) is 1. The lowest BCUT2D eigenvalue weighted by Crippen LogP contribution is -2.46. The molecule has 3 atom stereocenters. The van der Waals surface area contributed by atoms with Gasteiger partial charge < -0.3 is 0 Å². The quantitative estimate of drug-likeness (QED) is 0.624. The summed E-state index contributed by atoms with van der Waals surface area (Å²) in [7, 11) is 0. The van der Waals surface area contributed by atoms with Crippen LogP contribution in [0.1, 0.15) is 39.0 Å². The van der Waals surface area contributed by atoms with Crippen molar-refractivity contribution in [3.05, 3.63) is 12.2 Å². The van der Waals surface area contributed by atoms with Crippen LogP contribution in [0.4, 0.5) is 0 Å². The molecule has 0 spiro atoms. The standard InChI is InChI=1S/C14H21N/c1-3-4-5-7-13-10-9-12(2)14-8-6-11-15(13)14/h1,4-5,12-14H,6-11H2,2H3/b5-4-/t12-,13-,14+/m1/s1. The van der Waals surface area contributed by atoms with Crippen LogP contribution in [-0.4, -0.2) is 23.5 Å². The molecule has 0 aromatic heterocycles. The van der Waals surface area contributed by atoms with E-state index in [-0.39, 0.29) is 0 Å². The van der Waals surface area contributed by atoms with Crippen molar-refractivity contribution in [1.82, 2.24) is 4.90 Å². The van der Waals surface area contributed by atoms with Gasteiger partial charge in [0.2, 0.25) is 0 Å². The van der Waals surface area contributed by atoms with Crippen molar-refractivity contribution in [2.45, 2.75) is 51.1 Å². The fourth-order valence-corrected chi connectivity index (χ4v) is 3.24. The monoisotopic (exact) mass is 203 g/mol. The average molecular weight is 203 g/mol. The Morgan fingerprint density at radius 2 is 2.27 bits per heavy atom. The molecule has 0 aromatic carbocycles. The molecule has 2 aliphatic heterocycles. The number of rotatable bonds is 2. The molecular formula is C14H21N. The molecule has 0 saturated carbocycles. The Kier molecular flexibility index (Phi) is 3.49. The molecule has 0 aliphatic carbocycles. The molecule has 2 fully saturated rings. The van der Waals surface area contributed by atoms with E-state index in [9.17, 15) is 0 Å². The van der Waals surface area contributed by atoms with Crippen molar-refractivity contribution in [3.63, 3.8) is 0 Å². The van der Waals surface area contributed by atoms with Gasteiger partial charge in [-0.15, -0.1) is 6.42 Å². The molecule has 0 N–H and O–H groups in total. The van der Waals surface area contributed by atoms with Crippen LogP contribution in [0, 0.1) is 18.3 Å². The van der Waals surface area contributed by atoms with E-state index < -0.39 is 0 Å². The van der Waals surface area contributed by atoms with Gasteiger partial charge >= 0.3 is 0 Å². The minimum Gasteiger partial charge on any atom is -0.297 e. The first-order valence-electron chi connectivity index (χ1n) is 6.20. The third-order valence-corrected chi connectivity index (χ3v) is 4.05. The molecule has 2 saturated heterocycles. The minimum atomic E-state index is 0.762. The van der Waals surface area contributed by atoms with Crippen molar-refractivity contribution in [2.24, 2.45) is 5.92 Å². The van der Waals surface area contributed by atoms with E-state index >= 15 is 0 Å². The Morgan fingerprint density at radius 1 is 1.40 bits per heavy atom. The predicted octanol–water partition coefficient (Wildman–Crippen LogP) is 2.83. The highest BCUT2D eigenvalue weighted by atomic mass is 15.2. The maximum Gasteiger partial charge on any atom is 0.0133 e. The van der Waals surface area contributed by atoms with Gasteiger partial charge in [-0.2, -0.15) is 0 Å². The lowest BCUT2D eigenvalue weighted by molar-refractivity contribution is 0.0832. The van der Waals surface area contributed by atoms with Crippen LogP contribution in [0.5, 0.6) is 0 Å². The highest BCUT2D eigenvalue weighted by Gasteiger charge is 2.37. The van der Waals surface area contributed by atoms with Crippen LogP contribution in [0.15, 0.2) is 12.2 Å². The van der Waals surface area contributed by atoms with E-state index in [4.69, 9.17) is 6.42 Å². The lowest BCUT2D eigenvalue weighted by Gasteiger charge is -2.41. The number of hydrogen-bond donors (Lipinski definition) is 0. The third-order valence-electron chi connectivity index (χ3n) is 4.05. The summed E-state index contributed by atoms with van der Waals surface area (Å²) in [6, 6.07) is 1.63. The zero-order valence-corrected chi connectivity index (χ0v) is 9.65. The largest absolute Gasteiger partial charge is 0.297 e. The van der Waals surface area contributed by atoms with Gasteiger partial charge in [0.25, 0.3) is 0 Å². The molecule has 2 heterocycles. The fraction of sp³-hybridized carbons (Fsp3) is 0.714. The fourth-order valence-electron chi connectivity index (χ4n) is 3.24. The summed E-state index contributed by atoms with van der Waals surface area (Å²) in [5, 5.41) is 0. The summed E-state index contributed by atoms with van der Waals surface area (Å²) in [6.45, 7) is 3.72. The molecule has 0 aromatic rings. The summed E-state index contributed by atoms with van der Waals surface area (Å²) in [5.41, 5.74) is 0. The van der Waals surface area contributed by atoms with Crippen LogP contribution in [-0.2, 0) is 0 Å². The summed E-state index contributed by atoms with van der Waals surface area (Å²) in [6.07, 6.45) is 15.9. The number of terminal acetylenes is 1. The first kappa shape index (κ1) is 10.8. The summed E-state index contributed by atoms with van der Waals surface area (Å²) in [5.74, 6) is 3.48. The second-order valence-corrected chi connectivity index (χ2v) is 4.96. The molecule has 2 rings (SSSR count). The van der Waals surface area contributed by atoms with Gasteiger partial charge in [-0.05, 0) is 50.6 Å². The highest BCUT2D eigenvalue weighted by Crippen LogP contribution is 2.35. The van der Waals surface area contributed by atoms with Crippen LogP contribution >= 0.6 is 0 Å². The summed E-state index contributed by atoms with van der Waals surface area (Å²) < 4.78 is 0. The van der Waals surface area contributed by atoms with Gasteiger partial charge in [0.1, 0.15) is 0 Å². The van der Waals surface area contributed by atoms with Crippen LogP contribution in [0.3, 0.4) is 0 Å². The van der Waals surface area contributed by atoms with E-state index in [0.29, 0.717) is 0 Å². The molecule has 82 valence electrons. The number of fused-ring (bicyclic) bond motifs is 1. The average Bonchev–Trinajstić information content (AvgIpc) is 2.71. The normalized spacial score (nSPS) is 36.7. The minimum absolute atomic E-state index is 0.762. The van der Waals surface area contributed by atoms with Crippen molar-refractivity contribution in [3.8, 4) is 12.3 Å². The Balaban J connectivity index is 1.95. The SMILES string of the molecule is C#C/C=C\C[C@@H]1CC[C@@H](C)[C@@H]2CCCN12. The Labute approximate surface area is 93.5 Å². The lowest BCUT2D eigenvalue weighted by atomic mass is 9.86. The van der Waals surface area contributed by atoms with E-state index in [0.717, 1.165) is 24.4 Å². The molecule has 0 unspecified atom stereocenters. The van der Waals surface area contributed by atoms with Gasteiger partial charge in [-0.1, -0.05) is 18.9 Å². The van der Waals surface area contributed by atoms with Gasteiger partial charge in [-0.25, -0.2) is 0 Å². The van der Waals surface area contributed by atoms with Crippen molar-refractivity contribution in [2.75, 3.05) is 6.54 Å².